The average Bonchev–Trinajstić information content (AvgIpc) is 2.27. The van der Waals surface area contributed by atoms with Gasteiger partial charge in [-0.25, -0.2) is 0 Å². The minimum absolute atomic E-state index is 0.329. The van der Waals surface area contributed by atoms with Crippen LogP contribution in [-0.2, 0) is 14.4 Å². The van der Waals surface area contributed by atoms with Crippen molar-refractivity contribution < 1.29 is 14.4 Å². The molecule has 0 rings (SSSR count). The topological polar surface area (TPSA) is 51.2 Å². The van der Waals surface area contributed by atoms with Crippen molar-refractivity contribution in [3.8, 4) is 0 Å². The summed E-state index contributed by atoms with van der Waals surface area (Å²) in [6.07, 6.45) is 8.29. The van der Waals surface area contributed by atoms with Crippen LogP contribution in [0.15, 0.2) is 0 Å². The van der Waals surface area contributed by atoms with E-state index in [1.807, 2.05) is 0 Å². The number of aldehydes is 3. The molecule has 0 bridgehead atoms. The molecule has 0 aliphatic heterocycles. The van der Waals surface area contributed by atoms with Crippen LogP contribution in [0.5, 0.6) is 0 Å². The lowest BCUT2D eigenvalue weighted by atomic mass is 9.88. The Kier molecular flexibility index (Phi) is 8.93. The molecule has 0 amide bonds. The fourth-order valence-electron chi connectivity index (χ4n) is 1.54. The lowest BCUT2D eigenvalue weighted by Crippen LogP contribution is -2.18. The number of carbonyl (C=O) groups is 3. The second-order valence-corrected chi connectivity index (χ2v) is 3.69. The summed E-state index contributed by atoms with van der Waals surface area (Å²) >= 11 is 0. The molecule has 0 saturated carbocycles. The summed E-state index contributed by atoms with van der Waals surface area (Å²) in [6.45, 7) is 2.12. The van der Waals surface area contributed by atoms with Gasteiger partial charge in [-0.3, -0.25) is 0 Å². The molecule has 15 heavy (non-hydrogen) atoms. The molecular formula is C12H19O3. The molecule has 1 radical (unpaired) electrons. The van der Waals surface area contributed by atoms with Crippen LogP contribution < -0.4 is 0 Å². The number of carbonyl (C=O) groups excluding carboxylic acids is 3. The standard InChI is InChI=1S/C12H19O3/c1-2-3-4-5-6-11(9-14)12(10-15)7-8-13/h7-12H,2-6H2,1H3. The van der Waals surface area contributed by atoms with Crippen molar-refractivity contribution in [3.63, 3.8) is 0 Å². The molecule has 3 nitrogen and oxygen atoms in total. The summed E-state index contributed by atoms with van der Waals surface area (Å²) in [4.78, 5) is 31.6. The molecule has 0 N–H and O–H groups in total. The summed E-state index contributed by atoms with van der Waals surface area (Å²) in [5, 5.41) is 0. The van der Waals surface area contributed by atoms with Crippen LogP contribution in [0.4, 0.5) is 0 Å². The number of hydrogen-bond acceptors (Lipinski definition) is 3. The van der Waals surface area contributed by atoms with Gasteiger partial charge in [-0.15, -0.1) is 0 Å². The van der Waals surface area contributed by atoms with Crippen LogP contribution in [0.25, 0.3) is 0 Å². The maximum Gasteiger partial charge on any atom is 0.124 e. The third kappa shape index (κ3) is 6.15. The van der Waals surface area contributed by atoms with E-state index >= 15 is 0 Å². The monoisotopic (exact) mass is 211 g/mol. The Hall–Kier alpha value is -0.990. The van der Waals surface area contributed by atoms with Crippen molar-refractivity contribution in [1.29, 1.82) is 0 Å². The van der Waals surface area contributed by atoms with E-state index in [0.29, 0.717) is 19.0 Å². The van der Waals surface area contributed by atoms with Crippen molar-refractivity contribution in [2.45, 2.75) is 39.0 Å². The second-order valence-electron chi connectivity index (χ2n) is 3.69. The lowest BCUT2D eigenvalue weighted by molar-refractivity contribution is -0.119. The van der Waals surface area contributed by atoms with E-state index < -0.39 is 5.92 Å². The van der Waals surface area contributed by atoms with E-state index in [1.165, 1.54) is 6.42 Å². The van der Waals surface area contributed by atoms with E-state index in [4.69, 9.17) is 0 Å². The maximum atomic E-state index is 10.7. The molecular weight excluding hydrogens is 192 g/mol. The molecule has 0 aromatic carbocycles. The van der Waals surface area contributed by atoms with Gasteiger partial charge in [-0.2, -0.15) is 0 Å². The van der Waals surface area contributed by atoms with Crippen molar-refractivity contribution in [1.82, 2.24) is 0 Å². The third-order valence-corrected chi connectivity index (χ3v) is 2.52. The SMILES string of the molecule is CCCCCCC(C=O)C([CH]C=O)C=O. The first-order valence-corrected chi connectivity index (χ1v) is 5.49. The van der Waals surface area contributed by atoms with Crippen LogP contribution in [0.2, 0.25) is 0 Å². The van der Waals surface area contributed by atoms with Crippen LogP contribution in [-0.4, -0.2) is 18.9 Å². The van der Waals surface area contributed by atoms with Gasteiger partial charge in [0.05, 0.1) is 0 Å². The minimum atomic E-state index is -0.540. The fourth-order valence-corrected chi connectivity index (χ4v) is 1.54. The Morgan fingerprint density at radius 3 is 2.20 bits per heavy atom. The number of unbranched alkanes of at least 4 members (excludes halogenated alkanes) is 3. The Morgan fingerprint density at radius 2 is 1.73 bits per heavy atom. The zero-order chi connectivity index (χ0) is 11.5. The molecule has 0 aromatic heterocycles. The van der Waals surface area contributed by atoms with Crippen LogP contribution in [0, 0.1) is 18.3 Å². The van der Waals surface area contributed by atoms with Gasteiger partial charge in [0.25, 0.3) is 0 Å². The van der Waals surface area contributed by atoms with E-state index in [0.717, 1.165) is 32.0 Å². The number of rotatable bonds is 10. The van der Waals surface area contributed by atoms with Crippen molar-refractivity contribution in [2.24, 2.45) is 11.8 Å². The first-order chi connectivity index (χ1) is 7.29. The summed E-state index contributed by atoms with van der Waals surface area (Å²) in [6, 6.07) is 0. The largest absolute Gasteiger partial charge is 0.303 e. The summed E-state index contributed by atoms with van der Waals surface area (Å²) in [5.74, 6) is -0.869. The second kappa shape index (κ2) is 9.56. The van der Waals surface area contributed by atoms with Gasteiger partial charge in [-0.05, 0) is 6.42 Å². The predicted octanol–water partition coefficient (Wildman–Crippen LogP) is 1.99. The summed E-state index contributed by atoms with van der Waals surface area (Å²) in [7, 11) is 0. The quantitative estimate of drug-likeness (QED) is 0.410. The Labute approximate surface area is 91.2 Å². The molecule has 0 spiro atoms. The van der Waals surface area contributed by atoms with E-state index in [1.54, 1.807) is 0 Å². The molecule has 0 aliphatic carbocycles. The third-order valence-electron chi connectivity index (χ3n) is 2.52. The van der Waals surface area contributed by atoms with Gasteiger partial charge in [0, 0.05) is 18.3 Å². The van der Waals surface area contributed by atoms with Gasteiger partial charge in [0.15, 0.2) is 0 Å². The average molecular weight is 211 g/mol. The highest BCUT2D eigenvalue weighted by atomic mass is 16.1. The predicted molar refractivity (Wildman–Crippen MR) is 58.2 cm³/mol. The molecule has 0 fully saturated rings. The molecule has 85 valence electrons. The maximum absolute atomic E-state index is 10.7. The van der Waals surface area contributed by atoms with Gasteiger partial charge in [0.2, 0.25) is 0 Å². The van der Waals surface area contributed by atoms with Crippen molar-refractivity contribution in [2.75, 3.05) is 0 Å². The van der Waals surface area contributed by atoms with Crippen LogP contribution in [0.3, 0.4) is 0 Å². The van der Waals surface area contributed by atoms with E-state index in [-0.39, 0.29) is 5.92 Å². The van der Waals surface area contributed by atoms with Crippen LogP contribution in [0.1, 0.15) is 39.0 Å². The first-order valence-electron chi connectivity index (χ1n) is 5.49. The Bertz CT molecular complexity index is 189. The van der Waals surface area contributed by atoms with Gasteiger partial charge in [-0.1, -0.05) is 32.6 Å². The van der Waals surface area contributed by atoms with Gasteiger partial charge < -0.3 is 14.4 Å². The molecule has 0 aromatic rings. The molecule has 0 heterocycles. The fraction of sp³-hybridized carbons (Fsp3) is 0.667. The lowest BCUT2D eigenvalue weighted by Gasteiger charge is -2.14. The van der Waals surface area contributed by atoms with Crippen molar-refractivity contribution >= 4 is 18.9 Å². The molecule has 0 aliphatic rings. The van der Waals surface area contributed by atoms with E-state index in [2.05, 4.69) is 6.92 Å². The highest BCUT2D eigenvalue weighted by Gasteiger charge is 2.19. The van der Waals surface area contributed by atoms with E-state index in [9.17, 15) is 14.4 Å². The highest BCUT2D eigenvalue weighted by molar-refractivity contribution is 5.74. The van der Waals surface area contributed by atoms with Crippen molar-refractivity contribution in [3.05, 3.63) is 6.42 Å². The first kappa shape index (κ1) is 14.0. The summed E-state index contributed by atoms with van der Waals surface area (Å²) < 4.78 is 0. The Morgan fingerprint density at radius 1 is 1.00 bits per heavy atom. The summed E-state index contributed by atoms with van der Waals surface area (Å²) in [5.41, 5.74) is 0. The number of hydrogen-bond donors (Lipinski definition) is 0. The molecule has 3 heteroatoms. The van der Waals surface area contributed by atoms with Crippen LogP contribution >= 0.6 is 0 Å². The highest BCUT2D eigenvalue weighted by Crippen LogP contribution is 2.17. The molecule has 2 unspecified atom stereocenters. The minimum Gasteiger partial charge on any atom is -0.303 e. The Balaban J connectivity index is 3.92. The molecule has 0 saturated heterocycles. The smallest absolute Gasteiger partial charge is 0.124 e. The van der Waals surface area contributed by atoms with Gasteiger partial charge in [0.1, 0.15) is 18.9 Å². The zero-order valence-electron chi connectivity index (χ0n) is 9.22. The normalized spacial score (nSPS) is 14.2. The van der Waals surface area contributed by atoms with Gasteiger partial charge >= 0.3 is 0 Å². The zero-order valence-corrected chi connectivity index (χ0v) is 9.22. The molecule has 2 atom stereocenters.